The molecule has 0 aliphatic carbocycles. The summed E-state index contributed by atoms with van der Waals surface area (Å²) in [7, 11) is 0. The lowest BCUT2D eigenvalue weighted by atomic mass is 10.0. The molecular weight excluding hydrogens is 359 g/mol. The number of fused-ring (bicyclic) bond motifs is 1. The first-order chi connectivity index (χ1) is 12.1. The highest BCUT2D eigenvalue weighted by Crippen LogP contribution is 2.27. The molecule has 2 fully saturated rings. The Balaban J connectivity index is 0.00000196. The van der Waals surface area contributed by atoms with E-state index in [1.165, 1.54) is 6.07 Å². The number of hydrogen-bond acceptors (Lipinski definition) is 5. The van der Waals surface area contributed by atoms with E-state index >= 15 is 0 Å². The van der Waals surface area contributed by atoms with Gasteiger partial charge in [-0.2, -0.15) is 4.98 Å². The number of aromatic nitrogens is 2. The van der Waals surface area contributed by atoms with Crippen molar-refractivity contribution in [2.45, 2.75) is 19.8 Å². The first kappa shape index (κ1) is 18.8. The zero-order valence-corrected chi connectivity index (χ0v) is 15.4. The normalized spacial score (nSPS) is 21.5. The van der Waals surface area contributed by atoms with E-state index < -0.39 is 0 Å². The maximum Gasteiger partial charge on any atom is 0.227 e. The molecule has 26 heavy (non-hydrogen) atoms. The van der Waals surface area contributed by atoms with Crippen molar-refractivity contribution in [3.63, 3.8) is 0 Å². The summed E-state index contributed by atoms with van der Waals surface area (Å²) in [4.78, 5) is 18.7. The highest BCUT2D eigenvalue weighted by Gasteiger charge is 2.37. The van der Waals surface area contributed by atoms with Gasteiger partial charge in [0.2, 0.25) is 17.6 Å². The lowest BCUT2D eigenvalue weighted by molar-refractivity contribution is -0.130. The molecule has 2 aliphatic heterocycles. The van der Waals surface area contributed by atoms with Crippen molar-refractivity contribution >= 4 is 18.3 Å². The zero-order valence-electron chi connectivity index (χ0n) is 14.6. The molecule has 2 atom stereocenters. The lowest BCUT2D eigenvalue weighted by Gasteiger charge is -2.16. The SMILES string of the molecule is Cc1cc(-c2noc(CCC(=O)N3C[C@H]4CNC[C@H]4C3)n2)ccc1F.Cl. The third kappa shape index (κ3) is 3.73. The van der Waals surface area contributed by atoms with Crippen LogP contribution in [0.25, 0.3) is 11.4 Å². The highest BCUT2D eigenvalue weighted by molar-refractivity contribution is 5.85. The Kier molecular flexibility index (Phi) is 5.58. The molecule has 0 bridgehead atoms. The van der Waals surface area contributed by atoms with Crippen LogP contribution in [-0.4, -0.2) is 47.1 Å². The topological polar surface area (TPSA) is 71.3 Å². The van der Waals surface area contributed by atoms with Gasteiger partial charge < -0.3 is 14.7 Å². The summed E-state index contributed by atoms with van der Waals surface area (Å²) in [6, 6.07) is 4.70. The summed E-state index contributed by atoms with van der Waals surface area (Å²) in [6.07, 6.45) is 0.799. The van der Waals surface area contributed by atoms with Gasteiger partial charge in [-0.15, -0.1) is 12.4 Å². The van der Waals surface area contributed by atoms with E-state index in [4.69, 9.17) is 4.52 Å². The van der Waals surface area contributed by atoms with Crippen molar-refractivity contribution in [3.8, 4) is 11.4 Å². The zero-order chi connectivity index (χ0) is 17.4. The predicted molar refractivity (Wildman–Crippen MR) is 96.4 cm³/mol. The Morgan fingerprint density at radius 2 is 2.08 bits per heavy atom. The van der Waals surface area contributed by atoms with Crippen molar-refractivity contribution in [2.75, 3.05) is 26.2 Å². The van der Waals surface area contributed by atoms with Crippen LogP contribution in [0.2, 0.25) is 0 Å². The first-order valence-corrected chi connectivity index (χ1v) is 8.68. The van der Waals surface area contributed by atoms with E-state index in [9.17, 15) is 9.18 Å². The fourth-order valence-corrected chi connectivity index (χ4v) is 3.69. The third-order valence-electron chi connectivity index (χ3n) is 5.18. The van der Waals surface area contributed by atoms with Gasteiger partial charge in [-0.25, -0.2) is 4.39 Å². The molecule has 3 heterocycles. The molecule has 6 nitrogen and oxygen atoms in total. The van der Waals surface area contributed by atoms with Crippen LogP contribution >= 0.6 is 12.4 Å². The number of carbonyl (C=O) groups is 1. The molecule has 1 N–H and O–H groups in total. The standard InChI is InChI=1S/C18H21FN4O2.ClH/c1-11-6-12(2-3-15(11)19)18-21-16(25-22-18)4-5-17(24)23-9-13-7-20-8-14(13)10-23;/h2-3,6,13-14,20H,4-5,7-10H2,1H3;1H/t13-,14+;. The highest BCUT2D eigenvalue weighted by atomic mass is 35.5. The maximum absolute atomic E-state index is 13.4. The van der Waals surface area contributed by atoms with Crippen LogP contribution < -0.4 is 5.32 Å². The number of hydrogen-bond donors (Lipinski definition) is 1. The van der Waals surface area contributed by atoms with Gasteiger partial charge in [-0.3, -0.25) is 4.79 Å². The van der Waals surface area contributed by atoms with Crippen molar-refractivity contribution in [1.82, 2.24) is 20.4 Å². The van der Waals surface area contributed by atoms with Crippen LogP contribution in [0.5, 0.6) is 0 Å². The van der Waals surface area contributed by atoms with Crippen LogP contribution in [0, 0.1) is 24.6 Å². The summed E-state index contributed by atoms with van der Waals surface area (Å²) >= 11 is 0. The fourth-order valence-electron chi connectivity index (χ4n) is 3.69. The van der Waals surface area contributed by atoms with Crippen molar-refractivity contribution < 1.29 is 13.7 Å². The molecule has 0 radical (unpaired) electrons. The number of likely N-dealkylation sites (tertiary alicyclic amines) is 1. The van der Waals surface area contributed by atoms with Gasteiger partial charge in [0.05, 0.1) is 0 Å². The molecule has 2 aliphatic rings. The molecule has 0 saturated carbocycles. The second kappa shape index (κ2) is 7.72. The number of benzene rings is 1. The number of halogens is 2. The summed E-state index contributed by atoms with van der Waals surface area (Å²) < 4.78 is 18.6. The van der Waals surface area contributed by atoms with Gasteiger partial charge in [-0.1, -0.05) is 5.16 Å². The predicted octanol–water partition coefficient (Wildman–Crippen LogP) is 2.22. The largest absolute Gasteiger partial charge is 0.342 e. The average molecular weight is 381 g/mol. The van der Waals surface area contributed by atoms with Crippen LogP contribution in [0.3, 0.4) is 0 Å². The summed E-state index contributed by atoms with van der Waals surface area (Å²) in [5.41, 5.74) is 1.24. The Morgan fingerprint density at radius 3 is 2.77 bits per heavy atom. The number of amides is 1. The molecule has 0 spiro atoms. The maximum atomic E-state index is 13.4. The number of nitrogens with one attached hydrogen (secondary N) is 1. The van der Waals surface area contributed by atoms with Crippen molar-refractivity contribution in [2.24, 2.45) is 11.8 Å². The van der Waals surface area contributed by atoms with E-state index in [-0.39, 0.29) is 24.1 Å². The molecule has 2 aromatic rings. The summed E-state index contributed by atoms with van der Waals surface area (Å²) in [5.74, 6) is 1.94. The summed E-state index contributed by atoms with van der Waals surface area (Å²) in [5, 5.41) is 7.31. The van der Waals surface area contributed by atoms with Crippen molar-refractivity contribution in [3.05, 3.63) is 35.5 Å². The van der Waals surface area contributed by atoms with Gasteiger partial charge in [0.1, 0.15) is 5.82 Å². The minimum Gasteiger partial charge on any atom is -0.342 e. The van der Waals surface area contributed by atoms with Gasteiger partial charge >= 0.3 is 0 Å². The van der Waals surface area contributed by atoms with Gasteiger partial charge in [0.15, 0.2) is 0 Å². The lowest BCUT2D eigenvalue weighted by Crippen LogP contribution is -2.32. The molecular formula is C18H22ClFN4O2. The third-order valence-corrected chi connectivity index (χ3v) is 5.18. The Hall–Kier alpha value is -1.99. The summed E-state index contributed by atoms with van der Waals surface area (Å²) in [6.45, 7) is 5.41. The molecule has 2 saturated heterocycles. The molecule has 1 amide bonds. The van der Waals surface area contributed by atoms with Crippen molar-refractivity contribution in [1.29, 1.82) is 0 Å². The monoisotopic (exact) mass is 380 g/mol. The minimum atomic E-state index is -0.261. The van der Waals surface area contributed by atoms with E-state index in [1.54, 1.807) is 19.1 Å². The van der Waals surface area contributed by atoms with E-state index in [1.807, 2.05) is 4.90 Å². The quantitative estimate of drug-likeness (QED) is 0.880. The van der Waals surface area contributed by atoms with Gasteiger partial charge in [-0.05, 0) is 42.5 Å². The van der Waals surface area contributed by atoms with Gasteiger partial charge in [0, 0.05) is 44.6 Å². The first-order valence-electron chi connectivity index (χ1n) is 8.68. The fraction of sp³-hybridized carbons (Fsp3) is 0.500. The van der Waals surface area contributed by atoms with E-state index in [2.05, 4.69) is 15.5 Å². The van der Waals surface area contributed by atoms with Crippen LogP contribution in [0.15, 0.2) is 22.7 Å². The Morgan fingerprint density at radius 1 is 1.35 bits per heavy atom. The average Bonchev–Trinajstić information content (AvgIpc) is 3.30. The van der Waals surface area contributed by atoms with Crippen LogP contribution in [0.4, 0.5) is 4.39 Å². The molecule has 140 valence electrons. The molecule has 8 heteroatoms. The van der Waals surface area contributed by atoms with Gasteiger partial charge in [0.25, 0.3) is 0 Å². The second-order valence-corrected chi connectivity index (χ2v) is 6.95. The van der Waals surface area contributed by atoms with E-state index in [0.717, 1.165) is 26.2 Å². The molecule has 1 aromatic carbocycles. The van der Waals surface area contributed by atoms with Crippen LogP contribution in [-0.2, 0) is 11.2 Å². The molecule has 0 unspecified atom stereocenters. The van der Waals surface area contributed by atoms with E-state index in [0.29, 0.717) is 47.5 Å². The smallest absolute Gasteiger partial charge is 0.227 e. The molecule has 1 aromatic heterocycles. The Bertz CT molecular complexity index is 785. The number of nitrogens with zero attached hydrogens (tertiary/aromatic N) is 3. The number of rotatable bonds is 4. The Labute approximate surface area is 157 Å². The molecule has 4 rings (SSSR count). The number of carbonyl (C=O) groups excluding carboxylic acids is 1. The second-order valence-electron chi connectivity index (χ2n) is 6.95. The number of aryl methyl sites for hydroxylation is 2. The van der Waals surface area contributed by atoms with Crippen LogP contribution in [0.1, 0.15) is 17.9 Å². The minimum absolute atomic E-state index is 0.